The van der Waals surface area contributed by atoms with Crippen molar-refractivity contribution in [3.05, 3.63) is 60.0 Å². The maximum Gasteiger partial charge on any atom is 0.178 e. The van der Waals surface area contributed by atoms with E-state index in [0.717, 1.165) is 19.0 Å². The number of hydrogen-bond donors (Lipinski definition) is 2. The Hall–Kier alpha value is -3.46. The molecule has 0 amide bonds. The Labute approximate surface area is 208 Å². The second kappa shape index (κ2) is 10.3. The van der Waals surface area contributed by atoms with Gasteiger partial charge < -0.3 is 25.0 Å². The van der Waals surface area contributed by atoms with E-state index >= 15 is 4.39 Å². The van der Waals surface area contributed by atoms with Crippen LogP contribution in [-0.4, -0.2) is 43.4 Å². The van der Waals surface area contributed by atoms with Crippen LogP contribution in [0.3, 0.4) is 0 Å². The molecule has 0 radical (unpaired) electrons. The summed E-state index contributed by atoms with van der Waals surface area (Å²) in [7, 11) is 0. The van der Waals surface area contributed by atoms with Crippen molar-refractivity contribution in [3.8, 4) is 16.9 Å². The topological polar surface area (TPSA) is 58.7 Å². The van der Waals surface area contributed by atoms with Gasteiger partial charge in [-0.3, -0.25) is 0 Å². The zero-order valence-electron chi connectivity index (χ0n) is 20.3. The molecule has 1 aromatic heterocycles. The first-order valence-corrected chi connectivity index (χ1v) is 12.2. The first kappa shape index (κ1) is 24.2. The first-order valence-electron chi connectivity index (χ1n) is 12.2. The maximum atomic E-state index is 15.0. The van der Waals surface area contributed by atoms with E-state index in [2.05, 4.69) is 34.4 Å². The molecule has 2 N–H and O–H groups in total. The van der Waals surface area contributed by atoms with Crippen molar-refractivity contribution in [1.82, 2.24) is 4.98 Å². The molecule has 0 aliphatic carbocycles. The summed E-state index contributed by atoms with van der Waals surface area (Å²) in [4.78, 5) is 6.17. The molecule has 2 aliphatic rings. The largest absolute Gasteiger partial charge is 0.486 e. The minimum atomic E-state index is -0.587. The van der Waals surface area contributed by atoms with Gasteiger partial charge in [-0.15, -0.1) is 0 Å². The third-order valence-corrected chi connectivity index (χ3v) is 6.73. The minimum Gasteiger partial charge on any atom is -0.486 e. The average molecular weight is 499 g/mol. The van der Waals surface area contributed by atoms with E-state index in [1.165, 1.54) is 18.2 Å². The molecule has 2 unspecified atom stereocenters. The van der Waals surface area contributed by atoms with E-state index < -0.39 is 17.5 Å². The zero-order chi connectivity index (χ0) is 25.2. The Morgan fingerprint density at radius 1 is 1.08 bits per heavy atom. The number of benzene rings is 2. The quantitative estimate of drug-likeness (QED) is 0.410. The van der Waals surface area contributed by atoms with Gasteiger partial charge in [0, 0.05) is 23.9 Å². The second-order valence-corrected chi connectivity index (χ2v) is 9.18. The molecule has 3 aromatic rings. The highest BCUT2D eigenvalue weighted by Gasteiger charge is 2.26. The van der Waals surface area contributed by atoms with Gasteiger partial charge in [-0.25, -0.2) is 18.2 Å². The SMILES string of the molecule is CCC(C)N1CCOc2c(F)cc(-c3cc(Nc4ccc(NC5CCOC5)c(F)c4)ncc3F)cc21. The Kier molecular flexibility index (Phi) is 6.91. The third-order valence-electron chi connectivity index (χ3n) is 6.73. The lowest BCUT2D eigenvalue weighted by molar-refractivity contribution is 0.195. The van der Waals surface area contributed by atoms with Gasteiger partial charge in [-0.2, -0.15) is 0 Å². The Morgan fingerprint density at radius 2 is 1.94 bits per heavy atom. The van der Waals surface area contributed by atoms with Crippen LogP contribution in [0.5, 0.6) is 5.75 Å². The first-order chi connectivity index (χ1) is 17.4. The number of ether oxygens (including phenoxy) is 2. The van der Waals surface area contributed by atoms with Crippen LogP contribution < -0.4 is 20.3 Å². The number of aromatic nitrogens is 1. The van der Waals surface area contributed by atoms with Crippen LogP contribution in [0, 0.1) is 17.5 Å². The van der Waals surface area contributed by atoms with Crippen molar-refractivity contribution < 1.29 is 22.6 Å². The highest BCUT2D eigenvalue weighted by molar-refractivity contribution is 5.76. The van der Waals surface area contributed by atoms with Crippen LogP contribution in [0.4, 0.5) is 36.1 Å². The predicted molar refractivity (Wildman–Crippen MR) is 135 cm³/mol. The fourth-order valence-corrected chi connectivity index (χ4v) is 4.59. The molecular formula is C27H29F3N4O2. The average Bonchev–Trinajstić information content (AvgIpc) is 3.39. The van der Waals surface area contributed by atoms with Gasteiger partial charge in [-0.05, 0) is 61.7 Å². The summed E-state index contributed by atoms with van der Waals surface area (Å²) in [6.07, 6.45) is 2.78. The van der Waals surface area contributed by atoms with Gasteiger partial charge in [0.1, 0.15) is 24.1 Å². The Bertz CT molecular complexity index is 1250. The lowest BCUT2D eigenvalue weighted by Crippen LogP contribution is -2.39. The third kappa shape index (κ3) is 4.93. The van der Waals surface area contributed by atoms with Crippen LogP contribution in [0.2, 0.25) is 0 Å². The monoisotopic (exact) mass is 498 g/mol. The van der Waals surface area contributed by atoms with Crippen molar-refractivity contribution in [3.63, 3.8) is 0 Å². The molecule has 2 atom stereocenters. The van der Waals surface area contributed by atoms with E-state index in [4.69, 9.17) is 9.47 Å². The van der Waals surface area contributed by atoms with Crippen molar-refractivity contribution in [2.24, 2.45) is 0 Å². The summed E-state index contributed by atoms with van der Waals surface area (Å²) in [5, 5.41) is 6.16. The van der Waals surface area contributed by atoms with Crippen LogP contribution >= 0.6 is 0 Å². The van der Waals surface area contributed by atoms with Crippen LogP contribution in [0.1, 0.15) is 26.7 Å². The van der Waals surface area contributed by atoms with Crippen LogP contribution in [0.15, 0.2) is 42.6 Å². The van der Waals surface area contributed by atoms with Gasteiger partial charge >= 0.3 is 0 Å². The number of pyridine rings is 1. The number of halogens is 3. The van der Waals surface area contributed by atoms with Crippen molar-refractivity contribution >= 4 is 22.9 Å². The Balaban J connectivity index is 1.41. The molecule has 0 bridgehead atoms. The fourth-order valence-electron chi connectivity index (χ4n) is 4.59. The lowest BCUT2D eigenvalue weighted by atomic mass is 10.0. The molecule has 5 rings (SSSR count). The van der Waals surface area contributed by atoms with E-state index in [1.807, 2.05) is 0 Å². The molecule has 2 aromatic carbocycles. The molecule has 1 saturated heterocycles. The molecule has 190 valence electrons. The minimum absolute atomic E-state index is 0.0817. The van der Waals surface area contributed by atoms with Crippen molar-refractivity contribution in [2.45, 2.75) is 38.8 Å². The highest BCUT2D eigenvalue weighted by atomic mass is 19.1. The molecular weight excluding hydrogens is 469 g/mol. The summed E-state index contributed by atoms with van der Waals surface area (Å²) in [6.45, 7) is 6.36. The molecule has 36 heavy (non-hydrogen) atoms. The van der Waals surface area contributed by atoms with Gasteiger partial charge in [0.15, 0.2) is 11.6 Å². The van der Waals surface area contributed by atoms with E-state index in [1.54, 1.807) is 18.2 Å². The number of hydrogen-bond acceptors (Lipinski definition) is 6. The second-order valence-electron chi connectivity index (χ2n) is 9.18. The van der Waals surface area contributed by atoms with Crippen LogP contribution in [-0.2, 0) is 4.74 Å². The molecule has 9 heteroatoms. The lowest BCUT2D eigenvalue weighted by Gasteiger charge is -2.36. The van der Waals surface area contributed by atoms with Crippen molar-refractivity contribution in [1.29, 1.82) is 0 Å². The summed E-state index contributed by atoms with van der Waals surface area (Å²) >= 11 is 0. The van der Waals surface area contributed by atoms with Gasteiger partial charge in [-0.1, -0.05) is 6.92 Å². The number of nitrogens with one attached hydrogen (secondary N) is 2. The summed E-state index contributed by atoms with van der Waals surface area (Å²) in [5.41, 5.74) is 2.01. The van der Waals surface area contributed by atoms with Crippen LogP contribution in [0.25, 0.3) is 11.1 Å². The summed E-state index contributed by atoms with van der Waals surface area (Å²) in [5.74, 6) is -1.05. The van der Waals surface area contributed by atoms with E-state index in [-0.39, 0.29) is 23.4 Å². The van der Waals surface area contributed by atoms with Gasteiger partial charge in [0.25, 0.3) is 0 Å². The molecule has 2 aliphatic heterocycles. The number of anilines is 4. The molecule has 0 spiro atoms. The van der Waals surface area contributed by atoms with Gasteiger partial charge in [0.05, 0.1) is 36.8 Å². The normalized spacial score (nSPS) is 17.9. The molecule has 1 fully saturated rings. The Morgan fingerprint density at radius 3 is 2.69 bits per heavy atom. The molecule has 0 saturated carbocycles. The number of fused-ring (bicyclic) bond motifs is 1. The summed E-state index contributed by atoms with van der Waals surface area (Å²) < 4.78 is 55.4. The smallest absolute Gasteiger partial charge is 0.178 e. The van der Waals surface area contributed by atoms with E-state index in [9.17, 15) is 8.78 Å². The zero-order valence-corrected chi connectivity index (χ0v) is 20.3. The van der Waals surface area contributed by atoms with Gasteiger partial charge in [0.2, 0.25) is 0 Å². The fraction of sp³-hybridized carbons (Fsp3) is 0.370. The standard InChI is InChI=1S/C27H29F3N4O2/c1-3-16(2)34-7-9-36-27-22(29)10-17(11-25(27)34)20-13-26(31-14-23(20)30)33-18-4-5-24(21(28)12-18)32-19-6-8-35-15-19/h4-5,10-14,16,19,32H,3,6-9,15H2,1-2H3,(H,31,33). The maximum absolute atomic E-state index is 15.0. The summed E-state index contributed by atoms with van der Waals surface area (Å²) in [6, 6.07) is 9.48. The number of rotatable bonds is 7. The number of nitrogens with zero attached hydrogens (tertiary/aromatic N) is 2. The van der Waals surface area contributed by atoms with Crippen molar-refractivity contribution in [2.75, 3.05) is 41.9 Å². The predicted octanol–water partition coefficient (Wildman–Crippen LogP) is 6.11. The highest BCUT2D eigenvalue weighted by Crippen LogP contribution is 2.40. The molecule has 6 nitrogen and oxygen atoms in total. The van der Waals surface area contributed by atoms with E-state index in [0.29, 0.717) is 54.8 Å². The molecule has 3 heterocycles.